The molecular formula is C20H15NO. The lowest BCUT2D eigenvalue weighted by atomic mass is 10.0. The summed E-state index contributed by atoms with van der Waals surface area (Å²) in [5.74, 6) is -0.0322. The number of carbonyl (C=O) groups excluding carboxylic acids is 1. The van der Waals surface area contributed by atoms with Crippen molar-refractivity contribution in [2.75, 3.05) is 5.32 Å². The summed E-state index contributed by atoms with van der Waals surface area (Å²) in [6.07, 6.45) is 1.99. The quantitative estimate of drug-likeness (QED) is 0.651. The monoisotopic (exact) mass is 285 g/mol. The Morgan fingerprint density at radius 2 is 1.77 bits per heavy atom. The Labute approximate surface area is 129 Å². The fourth-order valence-corrected chi connectivity index (χ4v) is 2.97. The maximum Gasteiger partial charge on any atom is 0.256 e. The van der Waals surface area contributed by atoms with Gasteiger partial charge in [-0.25, -0.2) is 0 Å². The first-order valence-electron chi connectivity index (χ1n) is 7.34. The number of amides is 1. The third kappa shape index (κ3) is 2.01. The standard InChI is InChI=1S/C20H15NO/c1-13-7-10-19-17(11-13)18(20(22)21-19)12-15-9-8-14-5-3-2-4-6-16(14)15/h2-12H,1H3,(H,21,22)/b18-12+. The van der Waals surface area contributed by atoms with Crippen molar-refractivity contribution in [1.29, 1.82) is 0 Å². The molecule has 3 aliphatic rings. The molecule has 1 heterocycles. The first-order chi connectivity index (χ1) is 10.7. The second kappa shape index (κ2) is 4.85. The number of carbonyl (C=O) groups is 1. The summed E-state index contributed by atoms with van der Waals surface area (Å²) in [6, 6.07) is 20.4. The largest absolute Gasteiger partial charge is 0.321 e. The molecule has 0 bridgehead atoms. The predicted octanol–water partition coefficient (Wildman–Crippen LogP) is 4.59. The van der Waals surface area contributed by atoms with E-state index in [1.54, 1.807) is 0 Å². The van der Waals surface area contributed by atoms with Crippen molar-refractivity contribution in [2.24, 2.45) is 0 Å². The first kappa shape index (κ1) is 12.8. The average molecular weight is 285 g/mol. The minimum Gasteiger partial charge on any atom is -0.321 e. The van der Waals surface area contributed by atoms with Gasteiger partial charge in [0.1, 0.15) is 0 Å². The van der Waals surface area contributed by atoms with Gasteiger partial charge in [-0.3, -0.25) is 4.79 Å². The van der Waals surface area contributed by atoms with Gasteiger partial charge in [-0.15, -0.1) is 0 Å². The molecule has 1 amide bonds. The van der Waals surface area contributed by atoms with Gasteiger partial charge in [0, 0.05) is 16.8 Å². The van der Waals surface area contributed by atoms with Crippen LogP contribution in [0.2, 0.25) is 0 Å². The molecule has 0 saturated carbocycles. The summed E-state index contributed by atoms with van der Waals surface area (Å²) in [7, 11) is 0. The molecule has 1 N–H and O–H groups in total. The summed E-state index contributed by atoms with van der Waals surface area (Å²) in [5.41, 5.74) is 7.18. The second-order valence-electron chi connectivity index (χ2n) is 5.63. The number of anilines is 1. The fourth-order valence-electron chi connectivity index (χ4n) is 2.97. The molecule has 22 heavy (non-hydrogen) atoms. The normalized spacial score (nSPS) is 15.1. The minimum absolute atomic E-state index is 0.0322. The van der Waals surface area contributed by atoms with Crippen LogP contribution in [0.4, 0.5) is 5.69 Å². The van der Waals surface area contributed by atoms with E-state index in [9.17, 15) is 4.79 Å². The van der Waals surface area contributed by atoms with E-state index >= 15 is 0 Å². The highest BCUT2D eigenvalue weighted by Crippen LogP contribution is 2.36. The van der Waals surface area contributed by atoms with Crippen LogP contribution in [0.1, 0.15) is 16.7 Å². The van der Waals surface area contributed by atoms with Crippen LogP contribution in [0.25, 0.3) is 22.8 Å². The van der Waals surface area contributed by atoms with Gasteiger partial charge in [-0.1, -0.05) is 54.1 Å². The zero-order valence-electron chi connectivity index (χ0n) is 12.3. The van der Waals surface area contributed by atoms with E-state index in [2.05, 4.69) is 35.6 Å². The molecule has 2 nitrogen and oxygen atoms in total. The van der Waals surface area contributed by atoms with E-state index in [0.717, 1.165) is 33.5 Å². The van der Waals surface area contributed by atoms with Crippen molar-refractivity contribution in [3.05, 3.63) is 77.4 Å². The molecule has 0 spiro atoms. The average Bonchev–Trinajstić information content (AvgIpc) is 2.91. The number of benzene rings is 1. The molecule has 0 unspecified atom stereocenters. The predicted molar refractivity (Wildman–Crippen MR) is 90.7 cm³/mol. The highest BCUT2D eigenvalue weighted by atomic mass is 16.2. The lowest BCUT2D eigenvalue weighted by molar-refractivity contribution is -0.110. The Hall–Kier alpha value is -2.87. The highest BCUT2D eigenvalue weighted by Gasteiger charge is 2.24. The summed E-state index contributed by atoms with van der Waals surface area (Å²) in [5, 5.41) is 2.93. The van der Waals surface area contributed by atoms with Crippen molar-refractivity contribution >= 4 is 23.2 Å². The first-order valence-corrected chi connectivity index (χ1v) is 7.34. The van der Waals surface area contributed by atoms with E-state index in [1.165, 1.54) is 5.56 Å². The Balaban J connectivity index is 1.87. The van der Waals surface area contributed by atoms with Crippen molar-refractivity contribution in [3.63, 3.8) is 0 Å². The topological polar surface area (TPSA) is 29.1 Å². The molecule has 1 aromatic rings. The zero-order valence-corrected chi connectivity index (χ0v) is 12.3. The third-order valence-electron chi connectivity index (χ3n) is 4.08. The minimum atomic E-state index is -0.0322. The molecule has 0 saturated heterocycles. The van der Waals surface area contributed by atoms with E-state index in [-0.39, 0.29) is 5.91 Å². The van der Waals surface area contributed by atoms with Gasteiger partial charge in [0.25, 0.3) is 5.91 Å². The summed E-state index contributed by atoms with van der Waals surface area (Å²) < 4.78 is 0. The van der Waals surface area contributed by atoms with Crippen LogP contribution in [0.5, 0.6) is 0 Å². The number of aryl methyl sites for hydroxylation is 1. The molecule has 2 aliphatic carbocycles. The molecule has 106 valence electrons. The SMILES string of the molecule is Cc1ccc2c(c1)/C(=C\c1ccc3cccccc1-3)C(=O)N2. The number of nitrogens with one attached hydrogen (secondary N) is 1. The lowest BCUT2D eigenvalue weighted by Crippen LogP contribution is -2.03. The van der Waals surface area contributed by atoms with Gasteiger partial charge < -0.3 is 5.32 Å². The molecule has 4 rings (SSSR count). The van der Waals surface area contributed by atoms with Gasteiger partial charge in [0.15, 0.2) is 0 Å². The zero-order chi connectivity index (χ0) is 15.1. The Bertz CT molecular complexity index is 892. The summed E-state index contributed by atoms with van der Waals surface area (Å²) >= 11 is 0. The third-order valence-corrected chi connectivity index (χ3v) is 4.08. The summed E-state index contributed by atoms with van der Waals surface area (Å²) in [4.78, 5) is 12.3. The van der Waals surface area contributed by atoms with Crippen molar-refractivity contribution in [3.8, 4) is 11.1 Å². The molecule has 2 heteroatoms. The smallest absolute Gasteiger partial charge is 0.256 e. The number of hydrogen-bond donors (Lipinski definition) is 1. The molecule has 0 atom stereocenters. The Kier molecular flexibility index (Phi) is 2.83. The van der Waals surface area contributed by atoms with Crippen LogP contribution in [0.15, 0.2) is 60.7 Å². The molecule has 0 radical (unpaired) electrons. The molecular weight excluding hydrogens is 270 g/mol. The van der Waals surface area contributed by atoms with Crippen LogP contribution < -0.4 is 5.32 Å². The van der Waals surface area contributed by atoms with Crippen LogP contribution in [-0.4, -0.2) is 5.91 Å². The molecule has 1 aliphatic heterocycles. The second-order valence-corrected chi connectivity index (χ2v) is 5.63. The van der Waals surface area contributed by atoms with Gasteiger partial charge in [-0.05, 0) is 41.8 Å². The van der Waals surface area contributed by atoms with E-state index in [1.807, 2.05) is 43.3 Å². The molecule has 1 aromatic carbocycles. The van der Waals surface area contributed by atoms with Crippen molar-refractivity contribution in [1.82, 2.24) is 0 Å². The van der Waals surface area contributed by atoms with Gasteiger partial charge in [0.2, 0.25) is 0 Å². The Morgan fingerprint density at radius 1 is 0.909 bits per heavy atom. The van der Waals surface area contributed by atoms with Crippen molar-refractivity contribution < 1.29 is 4.79 Å². The number of fused-ring (bicyclic) bond motifs is 2. The Morgan fingerprint density at radius 3 is 2.68 bits per heavy atom. The maximum absolute atomic E-state index is 12.3. The van der Waals surface area contributed by atoms with Crippen LogP contribution in [0, 0.1) is 6.92 Å². The maximum atomic E-state index is 12.3. The molecule has 0 aromatic heterocycles. The number of hydrogen-bond acceptors (Lipinski definition) is 1. The van der Waals surface area contributed by atoms with Gasteiger partial charge in [0.05, 0.1) is 0 Å². The highest BCUT2D eigenvalue weighted by molar-refractivity contribution is 6.35. The van der Waals surface area contributed by atoms with E-state index in [4.69, 9.17) is 0 Å². The summed E-state index contributed by atoms with van der Waals surface area (Å²) in [6.45, 7) is 2.04. The van der Waals surface area contributed by atoms with E-state index < -0.39 is 0 Å². The molecule has 0 fully saturated rings. The lowest BCUT2D eigenvalue weighted by Gasteiger charge is -2.01. The van der Waals surface area contributed by atoms with Gasteiger partial charge >= 0.3 is 0 Å². The number of rotatable bonds is 1. The van der Waals surface area contributed by atoms with Crippen LogP contribution in [-0.2, 0) is 4.79 Å². The van der Waals surface area contributed by atoms with Crippen molar-refractivity contribution in [2.45, 2.75) is 6.92 Å². The van der Waals surface area contributed by atoms with Crippen LogP contribution >= 0.6 is 0 Å². The van der Waals surface area contributed by atoms with Crippen LogP contribution in [0.3, 0.4) is 0 Å². The van der Waals surface area contributed by atoms with E-state index in [0.29, 0.717) is 0 Å². The van der Waals surface area contributed by atoms with Gasteiger partial charge in [-0.2, -0.15) is 0 Å². The fraction of sp³-hybridized carbons (Fsp3) is 0.0500.